The molecule has 0 bridgehead atoms. The number of aromatic nitrogens is 1. The van der Waals surface area contributed by atoms with Crippen LogP contribution in [-0.2, 0) is 0 Å². The minimum absolute atomic E-state index is 0.465. The van der Waals surface area contributed by atoms with Crippen molar-refractivity contribution in [2.24, 2.45) is 5.73 Å². The number of hydrogen-bond donors (Lipinski definition) is 1. The minimum atomic E-state index is 0.465. The third-order valence-electron chi connectivity index (χ3n) is 3.86. The molecule has 1 atom stereocenters. The zero-order chi connectivity index (χ0) is 13.8. The molecule has 4 nitrogen and oxygen atoms in total. The highest BCUT2D eigenvalue weighted by Crippen LogP contribution is 2.30. The van der Waals surface area contributed by atoms with Crippen molar-refractivity contribution in [1.29, 1.82) is 5.26 Å². The Kier molecular flexibility index (Phi) is 4.39. The van der Waals surface area contributed by atoms with E-state index in [1.165, 1.54) is 19.3 Å². The number of piperidine rings is 1. The largest absolute Gasteiger partial charge is 0.367 e. The van der Waals surface area contributed by atoms with Crippen LogP contribution in [0.2, 0.25) is 0 Å². The van der Waals surface area contributed by atoms with Gasteiger partial charge in [-0.3, -0.25) is 4.98 Å². The number of nitriles is 1. The lowest BCUT2D eigenvalue weighted by Crippen LogP contribution is -2.41. The third-order valence-corrected chi connectivity index (χ3v) is 3.86. The molecule has 0 aromatic carbocycles. The molecule has 2 N–H and O–H groups in total. The standard InChI is InChI=1S/C15H22N4/c1-11-9-15(14(10-17)12(2)18-11)19-8-4-3-5-13(19)6-7-16/h9,13H,3-8,16H2,1-2H3. The first-order valence-corrected chi connectivity index (χ1v) is 7.02. The Hall–Kier alpha value is -1.60. The molecule has 0 radical (unpaired) electrons. The molecule has 0 amide bonds. The summed E-state index contributed by atoms with van der Waals surface area (Å²) < 4.78 is 0. The Balaban J connectivity index is 2.41. The Morgan fingerprint density at radius 3 is 2.95 bits per heavy atom. The number of nitrogens with two attached hydrogens (primary N) is 1. The fourth-order valence-electron chi connectivity index (χ4n) is 2.98. The van der Waals surface area contributed by atoms with Gasteiger partial charge in [0.1, 0.15) is 6.07 Å². The molecule has 1 fully saturated rings. The van der Waals surface area contributed by atoms with E-state index in [1.807, 2.05) is 19.9 Å². The van der Waals surface area contributed by atoms with Gasteiger partial charge in [-0.15, -0.1) is 0 Å². The summed E-state index contributed by atoms with van der Waals surface area (Å²) in [6.45, 7) is 5.62. The van der Waals surface area contributed by atoms with E-state index < -0.39 is 0 Å². The van der Waals surface area contributed by atoms with Gasteiger partial charge in [0, 0.05) is 18.3 Å². The van der Waals surface area contributed by atoms with E-state index in [0.29, 0.717) is 12.6 Å². The monoisotopic (exact) mass is 258 g/mol. The van der Waals surface area contributed by atoms with Crippen molar-refractivity contribution in [1.82, 2.24) is 4.98 Å². The topological polar surface area (TPSA) is 65.9 Å². The van der Waals surface area contributed by atoms with Crippen LogP contribution in [0.25, 0.3) is 0 Å². The first-order valence-electron chi connectivity index (χ1n) is 7.02. The fraction of sp³-hybridized carbons (Fsp3) is 0.600. The van der Waals surface area contributed by atoms with Crippen LogP contribution >= 0.6 is 0 Å². The molecular formula is C15H22N4. The molecule has 1 aliphatic rings. The van der Waals surface area contributed by atoms with E-state index in [9.17, 15) is 5.26 Å². The zero-order valence-electron chi connectivity index (χ0n) is 11.8. The predicted octanol–water partition coefficient (Wildman–Crippen LogP) is 2.28. The van der Waals surface area contributed by atoms with Crippen molar-refractivity contribution in [2.45, 2.75) is 45.6 Å². The van der Waals surface area contributed by atoms with Gasteiger partial charge in [0.05, 0.1) is 16.9 Å². The molecular weight excluding hydrogens is 236 g/mol. The first kappa shape index (κ1) is 13.8. The molecule has 102 valence electrons. The molecule has 19 heavy (non-hydrogen) atoms. The SMILES string of the molecule is Cc1cc(N2CCCCC2CCN)c(C#N)c(C)n1. The predicted molar refractivity (Wildman–Crippen MR) is 77.1 cm³/mol. The third kappa shape index (κ3) is 2.87. The molecule has 0 aliphatic carbocycles. The van der Waals surface area contributed by atoms with Gasteiger partial charge in [0.15, 0.2) is 0 Å². The van der Waals surface area contributed by atoms with Crippen LogP contribution in [-0.4, -0.2) is 24.1 Å². The highest BCUT2D eigenvalue weighted by atomic mass is 15.2. The normalized spacial score (nSPS) is 19.3. The summed E-state index contributed by atoms with van der Waals surface area (Å²) in [6, 6.07) is 4.82. The Morgan fingerprint density at radius 2 is 2.26 bits per heavy atom. The number of nitrogens with zero attached hydrogens (tertiary/aromatic N) is 3. The Bertz CT molecular complexity index is 488. The second-order valence-electron chi connectivity index (χ2n) is 5.28. The highest BCUT2D eigenvalue weighted by Gasteiger charge is 2.25. The van der Waals surface area contributed by atoms with Crippen LogP contribution in [0, 0.1) is 25.2 Å². The average molecular weight is 258 g/mol. The number of pyridine rings is 1. The summed E-state index contributed by atoms with van der Waals surface area (Å²) in [5.41, 5.74) is 9.29. The molecule has 1 unspecified atom stereocenters. The second-order valence-corrected chi connectivity index (χ2v) is 5.28. The van der Waals surface area contributed by atoms with Crippen molar-refractivity contribution in [2.75, 3.05) is 18.0 Å². The van der Waals surface area contributed by atoms with Gasteiger partial charge in [-0.2, -0.15) is 5.26 Å². The summed E-state index contributed by atoms with van der Waals surface area (Å²) >= 11 is 0. The number of hydrogen-bond acceptors (Lipinski definition) is 4. The first-order chi connectivity index (χ1) is 9.17. The fourth-order valence-corrected chi connectivity index (χ4v) is 2.98. The van der Waals surface area contributed by atoms with E-state index >= 15 is 0 Å². The van der Waals surface area contributed by atoms with E-state index in [1.54, 1.807) is 0 Å². The van der Waals surface area contributed by atoms with E-state index in [0.717, 1.165) is 35.6 Å². The lowest BCUT2D eigenvalue weighted by Gasteiger charge is -2.38. The van der Waals surface area contributed by atoms with Crippen molar-refractivity contribution < 1.29 is 0 Å². The summed E-state index contributed by atoms with van der Waals surface area (Å²) in [7, 11) is 0. The van der Waals surface area contributed by atoms with Gasteiger partial charge >= 0.3 is 0 Å². The molecule has 0 saturated carbocycles. The number of anilines is 1. The molecule has 2 heterocycles. The molecule has 1 aromatic heterocycles. The van der Waals surface area contributed by atoms with E-state index in [2.05, 4.69) is 16.0 Å². The van der Waals surface area contributed by atoms with Gasteiger partial charge in [-0.05, 0) is 52.1 Å². The summed E-state index contributed by atoms with van der Waals surface area (Å²) in [5, 5.41) is 9.40. The van der Waals surface area contributed by atoms with Gasteiger partial charge in [0.2, 0.25) is 0 Å². The molecule has 0 spiro atoms. The summed E-state index contributed by atoms with van der Waals surface area (Å²) in [6.07, 6.45) is 4.60. The smallest absolute Gasteiger partial charge is 0.103 e. The Morgan fingerprint density at radius 1 is 1.47 bits per heavy atom. The van der Waals surface area contributed by atoms with Crippen LogP contribution in [0.4, 0.5) is 5.69 Å². The maximum Gasteiger partial charge on any atom is 0.103 e. The quantitative estimate of drug-likeness (QED) is 0.903. The molecule has 4 heteroatoms. The van der Waals surface area contributed by atoms with Crippen LogP contribution in [0.15, 0.2) is 6.07 Å². The van der Waals surface area contributed by atoms with Crippen LogP contribution in [0.5, 0.6) is 0 Å². The van der Waals surface area contributed by atoms with Crippen LogP contribution in [0.3, 0.4) is 0 Å². The maximum absolute atomic E-state index is 9.40. The maximum atomic E-state index is 9.40. The lowest BCUT2D eigenvalue weighted by molar-refractivity contribution is 0.441. The van der Waals surface area contributed by atoms with Crippen molar-refractivity contribution in [3.05, 3.63) is 23.0 Å². The van der Waals surface area contributed by atoms with Crippen molar-refractivity contribution >= 4 is 5.69 Å². The highest BCUT2D eigenvalue weighted by molar-refractivity contribution is 5.62. The molecule has 2 rings (SSSR count). The summed E-state index contributed by atoms with van der Waals surface area (Å²) in [4.78, 5) is 6.77. The lowest BCUT2D eigenvalue weighted by atomic mass is 9.97. The van der Waals surface area contributed by atoms with Gasteiger partial charge < -0.3 is 10.6 Å². The van der Waals surface area contributed by atoms with E-state index in [4.69, 9.17) is 5.73 Å². The number of rotatable bonds is 3. The molecule has 1 aliphatic heterocycles. The van der Waals surface area contributed by atoms with Gasteiger partial charge in [0.25, 0.3) is 0 Å². The minimum Gasteiger partial charge on any atom is -0.367 e. The Labute approximate surface area is 115 Å². The number of aryl methyl sites for hydroxylation is 2. The van der Waals surface area contributed by atoms with Crippen LogP contribution in [0.1, 0.15) is 42.6 Å². The van der Waals surface area contributed by atoms with Crippen molar-refractivity contribution in [3.8, 4) is 6.07 Å². The summed E-state index contributed by atoms with van der Waals surface area (Å²) in [5.74, 6) is 0. The van der Waals surface area contributed by atoms with Crippen molar-refractivity contribution in [3.63, 3.8) is 0 Å². The van der Waals surface area contributed by atoms with Gasteiger partial charge in [-0.1, -0.05) is 0 Å². The van der Waals surface area contributed by atoms with Gasteiger partial charge in [-0.25, -0.2) is 0 Å². The zero-order valence-corrected chi connectivity index (χ0v) is 11.8. The average Bonchev–Trinajstić information content (AvgIpc) is 2.39. The molecule has 1 aromatic rings. The van der Waals surface area contributed by atoms with E-state index in [-0.39, 0.29) is 0 Å². The molecule has 1 saturated heterocycles. The second kappa shape index (κ2) is 6.03. The van der Waals surface area contributed by atoms with Crippen LogP contribution < -0.4 is 10.6 Å².